The molecule has 0 saturated heterocycles. The Kier molecular flexibility index (Phi) is 1.62. The molecule has 1 heterocycles. The van der Waals surface area contributed by atoms with Crippen molar-refractivity contribution in [2.75, 3.05) is 0 Å². The molecule has 0 saturated carbocycles. The molecule has 0 unspecified atom stereocenters. The maximum absolute atomic E-state index is 13.2. The Labute approximate surface area is 74.5 Å². The van der Waals surface area contributed by atoms with E-state index in [2.05, 4.69) is 16.9 Å². The van der Waals surface area contributed by atoms with E-state index < -0.39 is 0 Å². The van der Waals surface area contributed by atoms with Crippen LogP contribution in [0.15, 0.2) is 18.7 Å². The molecule has 0 bridgehead atoms. The van der Waals surface area contributed by atoms with E-state index in [0.29, 0.717) is 16.6 Å². The third-order valence-corrected chi connectivity index (χ3v) is 1.95. The molecule has 1 aromatic carbocycles. The van der Waals surface area contributed by atoms with Gasteiger partial charge in [-0.1, -0.05) is 17.9 Å². The smallest absolute Gasteiger partial charge is 0.132 e. The average molecular weight is 177 g/mol. The van der Waals surface area contributed by atoms with Crippen molar-refractivity contribution in [1.29, 1.82) is 0 Å². The fraction of sp³-hybridized carbons (Fsp3) is 0.111. The van der Waals surface area contributed by atoms with Crippen molar-refractivity contribution in [3.05, 3.63) is 30.1 Å². The molecule has 0 amide bonds. The molecule has 2 aromatic rings. The Morgan fingerprint density at radius 3 is 3.00 bits per heavy atom. The second-order valence-corrected chi connectivity index (χ2v) is 2.78. The van der Waals surface area contributed by atoms with Gasteiger partial charge >= 0.3 is 0 Å². The van der Waals surface area contributed by atoms with Gasteiger partial charge < -0.3 is 0 Å². The van der Waals surface area contributed by atoms with Crippen LogP contribution in [-0.2, 0) is 7.05 Å². The first-order valence-electron chi connectivity index (χ1n) is 3.84. The molecule has 0 aliphatic carbocycles. The minimum atomic E-state index is -0.298. The van der Waals surface area contributed by atoms with Crippen LogP contribution in [0, 0.1) is 5.82 Å². The molecule has 0 spiro atoms. The van der Waals surface area contributed by atoms with Crippen molar-refractivity contribution >= 4 is 17.1 Å². The van der Waals surface area contributed by atoms with Crippen LogP contribution < -0.4 is 0 Å². The first kappa shape index (κ1) is 7.91. The normalized spacial score (nSPS) is 10.6. The zero-order chi connectivity index (χ0) is 9.42. The number of rotatable bonds is 1. The van der Waals surface area contributed by atoms with Crippen LogP contribution in [0.2, 0.25) is 0 Å². The fourth-order valence-corrected chi connectivity index (χ4v) is 1.23. The van der Waals surface area contributed by atoms with E-state index >= 15 is 0 Å². The molecular weight excluding hydrogens is 169 g/mol. The number of fused-ring (bicyclic) bond motifs is 1. The summed E-state index contributed by atoms with van der Waals surface area (Å²) >= 11 is 0. The molecule has 3 nitrogen and oxygen atoms in total. The summed E-state index contributed by atoms with van der Waals surface area (Å²) < 4.78 is 14.8. The van der Waals surface area contributed by atoms with Gasteiger partial charge in [0.25, 0.3) is 0 Å². The number of benzene rings is 1. The number of nitrogens with zero attached hydrogens (tertiary/aromatic N) is 3. The van der Waals surface area contributed by atoms with Gasteiger partial charge in [0.05, 0.1) is 5.52 Å². The molecule has 0 N–H and O–H groups in total. The fourth-order valence-electron chi connectivity index (χ4n) is 1.23. The molecule has 4 heteroatoms. The van der Waals surface area contributed by atoms with Gasteiger partial charge in [-0.3, -0.25) is 0 Å². The molecule has 0 atom stereocenters. The minimum absolute atomic E-state index is 0.298. The van der Waals surface area contributed by atoms with Gasteiger partial charge in [0.2, 0.25) is 0 Å². The van der Waals surface area contributed by atoms with Crippen molar-refractivity contribution < 1.29 is 4.39 Å². The monoisotopic (exact) mass is 177 g/mol. The van der Waals surface area contributed by atoms with Gasteiger partial charge in [-0.25, -0.2) is 9.07 Å². The Bertz CT molecular complexity index is 473. The molecule has 66 valence electrons. The molecule has 0 aliphatic heterocycles. The van der Waals surface area contributed by atoms with Gasteiger partial charge in [-0.2, -0.15) is 0 Å². The SMILES string of the molecule is C=Cc1cc2nnn(C)c2cc1F. The van der Waals surface area contributed by atoms with E-state index in [1.165, 1.54) is 16.8 Å². The molecule has 0 radical (unpaired) electrons. The van der Waals surface area contributed by atoms with Crippen molar-refractivity contribution in [3.63, 3.8) is 0 Å². The van der Waals surface area contributed by atoms with E-state index in [0.717, 1.165) is 0 Å². The van der Waals surface area contributed by atoms with Crippen LogP contribution in [0.5, 0.6) is 0 Å². The van der Waals surface area contributed by atoms with E-state index in [4.69, 9.17) is 0 Å². The Morgan fingerprint density at radius 1 is 1.54 bits per heavy atom. The summed E-state index contributed by atoms with van der Waals surface area (Å²) in [5, 5.41) is 7.64. The summed E-state index contributed by atoms with van der Waals surface area (Å²) in [7, 11) is 1.72. The minimum Gasteiger partial charge on any atom is -0.248 e. The maximum Gasteiger partial charge on any atom is 0.132 e. The van der Waals surface area contributed by atoms with Gasteiger partial charge in [-0.05, 0) is 6.07 Å². The quantitative estimate of drug-likeness (QED) is 0.664. The second-order valence-electron chi connectivity index (χ2n) is 2.78. The third kappa shape index (κ3) is 1.11. The van der Waals surface area contributed by atoms with E-state index in [1.807, 2.05) is 0 Å². The highest BCUT2D eigenvalue weighted by Gasteiger charge is 2.05. The van der Waals surface area contributed by atoms with Crippen LogP contribution in [0.1, 0.15) is 5.56 Å². The van der Waals surface area contributed by atoms with Crippen molar-refractivity contribution in [2.24, 2.45) is 7.05 Å². The lowest BCUT2D eigenvalue weighted by atomic mass is 10.2. The highest BCUT2D eigenvalue weighted by Crippen LogP contribution is 2.17. The predicted octanol–water partition coefficient (Wildman–Crippen LogP) is 1.75. The van der Waals surface area contributed by atoms with Crippen LogP contribution in [0.25, 0.3) is 17.1 Å². The third-order valence-electron chi connectivity index (χ3n) is 1.95. The van der Waals surface area contributed by atoms with Gasteiger partial charge in [0.1, 0.15) is 11.3 Å². The zero-order valence-electron chi connectivity index (χ0n) is 7.16. The van der Waals surface area contributed by atoms with E-state index in [-0.39, 0.29) is 5.82 Å². The standard InChI is InChI=1S/C9H8FN3/c1-3-6-4-8-9(5-7(6)10)13(2)12-11-8/h3-5H,1H2,2H3. The lowest BCUT2D eigenvalue weighted by molar-refractivity contribution is 0.625. The zero-order valence-corrected chi connectivity index (χ0v) is 7.16. The highest BCUT2D eigenvalue weighted by molar-refractivity contribution is 5.77. The van der Waals surface area contributed by atoms with E-state index in [1.54, 1.807) is 13.1 Å². The summed E-state index contributed by atoms with van der Waals surface area (Å²) in [6, 6.07) is 3.04. The van der Waals surface area contributed by atoms with Gasteiger partial charge in [0.15, 0.2) is 0 Å². The van der Waals surface area contributed by atoms with E-state index in [9.17, 15) is 4.39 Å². The number of aryl methyl sites for hydroxylation is 1. The molecule has 1 aromatic heterocycles. The summed E-state index contributed by atoms with van der Waals surface area (Å²) in [5.41, 5.74) is 1.81. The van der Waals surface area contributed by atoms with Crippen molar-refractivity contribution in [2.45, 2.75) is 0 Å². The molecule has 13 heavy (non-hydrogen) atoms. The van der Waals surface area contributed by atoms with Crippen molar-refractivity contribution in [3.8, 4) is 0 Å². The van der Waals surface area contributed by atoms with Crippen LogP contribution in [0.4, 0.5) is 4.39 Å². The summed E-state index contributed by atoms with van der Waals surface area (Å²) in [6.45, 7) is 3.51. The predicted molar refractivity (Wildman–Crippen MR) is 48.6 cm³/mol. The molecule has 0 aliphatic rings. The lowest BCUT2D eigenvalue weighted by Gasteiger charge is -1.96. The Morgan fingerprint density at radius 2 is 2.31 bits per heavy atom. The van der Waals surface area contributed by atoms with Crippen LogP contribution in [0.3, 0.4) is 0 Å². The average Bonchev–Trinajstić information content (AvgIpc) is 2.47. The molecular formula is C9H8FN3. The summed E-state index contributed by atoms with van der Waals surface area (Å²) in [6.07, 6.45) is 1.46. The number of hydrogen-bond acceptors (Lipinski definition) is 2. The topological polar surface area (TPSA) is 30.7 Å². The van der Waals surface area contributed by atoms with Crippen LogP contribution >= 0.6 is 0 Å². The summed E-state index contributed by atoms with van der Waals surface area (Å²) in [5.74, 6) is -0.298. The summed E-state index contributed by atoms with van der Waals surface area (Å²) in [4.78, 5) is 0. The largest absolute Gasteiger partial charge is 0.248 e. The van der Waals surface area contributed by atoms with Gasteiger partial charge in [0, 0.05) is 18.7 Å². The number of halogens is 1. The van der Waals surface area contributed by atoms with Crippen molar-refractivity contribution in [1.82, 2.24) is 15.0 Å². The molecule has 2 rings (SSSR count). The van der Waals surface area contributed by atoms with Crippen LogP contribution in [-0.4, -0.2) is 15.0 Å². The Hall–Kier alpha value is -1.71. The maximum atomic E-state index is 13.2. The van der Waals surface area contributed by atoms with Gasteiger partial charge in [-0.15, -0.1) is 5.10 Å². The Balaban J connectivity index is 2.83. The second kappa shape index (κ2) is 2.65. The molecule has 0 fully saturated rings. The highest BCUT2D eigenvalue weighted by atomic mass is 19.1. The number of aromatic nitrogens is 3. The number of hydrogen-bond donors (Lipinski definition) is 0. The first-order valence-corrected chi connectivity index (χ1v) is 3.84. The lowest BCUT2D eigenvalue weighted by Crippen LogP contribution is -1.90. The first-order chi connectivity index (χ1) is 6.22.